The standard InChI is InChI=1S/C23H12F9N/c24-20(25,21(26,27)22(28,29)23(30,31)32)18-12-17(13-6-2-1-3-7-13)16-11-10-14-8-4-5-9-15(14)19(16)33-18/h1-12H. The summed E-state index contributed by atoms with van der Waals surface area (Å²) < 4.78 is 123. The van der Waals surface area contributed by atoms with Gasteiger partial charge in [-0.15, -0.1) is 0 Å². The Balaban J connectivity index is 2.07. The maximum atomic E-state index is 14.8. The smallest absolute Gasteiger partial charge is 0.246 e. The van der Waals surface area contributed by atoms with Crippen molar-refractivity contribution < 1.29 is 39.5 Å². The number of rotatable bonds is 4. The van der Waals surface area contributed by atoms with Crippen LogP contribution in [0.3, 0.4) is 0 Å². The van der Waals surface area contributed by atoms with Gasteiger partial charge in [-0.2, -0.15) is 39.5 Å². The SMILES string of the molecule is FC(F)(F)C(F)(F)C(F)(F)C(F)(F)c1cc(-c2ccccc2)c2ccc3ccccc3c2n1. The number of fused-ring (bicyclic) bond motifs is 3. The topological polar surface area (TPSA) is 12.9 Å². The van der Waals surface area contributed by atoms with Crippen LogP contribution in [-0.2, 0) is 5.92 Å². The van der Waals surface area contributed by atoms with Crippen molar-refractivity contribution in [3.63, 3.8) is 0 Å². The zero-order valence-corrected chi connectivity index (χ0v) is 16.3. The van der Waals surface area contributed by atoms with E-state index in [0.29, 0.717) is 11.5 Å². The third-order valence-electron chi connectivity index (χ3n) is 5.26. The van der Waals surface area contributed by atoms with Crippen LogP contribution in [0.2, 0.25) is 0 Å². The molecule has 0 aliphatic carbocycles. The molecule has 4 aromatic rings. The molecule has 3 aromatic carbocycles. The Hall–Kier alpha value is -3.30. The normalized spacial score (nSPS) is 13.6. The number of hydrogen-bond acceptors (Lipinski definition) is 1. The first kappa shape index (κ1) is 22.9. The van der Waals surface area contributed by atoms with Gasteiger partial charge in [0.1, 0.15) is 5.69 Å². The van der Waals surface area contributed by atoms with Crippen LogP contribution in [0.25, 0.3) is 32.8 Å². The lowest BCUT2D eigenvalue weighted by Crippen LogP contribution is -2.59. The van der Waals surface area contributed by atoms with Gasteiger partial charge < -0.3 is 0 Å². The molecule has 4 rings (SSSR count). The Labute approximate surface area is 180 Å². The van der Waals surface area contributed by atoms with Crippen LogP contribution in [0.1, 0.15) is 5.69 Å². The summed E-state index contributed by atoms with van der Waals surface area (Å²) in [5.41, 5.74) is -1.97. The van der Waals surface area contributed by atoms with E-state index in [4.69, 9.17) is 0 Å². The van der Waals surface area contributed by atoms with Crippen LogP contribution in [0, 0.1) is 0 Å². The second kappa shape index (κ2) is 7.36. The molecule has 172 valence electrons. The molecule has 0 radical (unpaired) electrons. The summed E-state index contributed by atoms with van der Waals surface area (Å²) in [4.78, 5) is 3.49. The highest BCUT2D eigenvalue weighted by atomic mass is 19.4. The fourth-order valence-electron chi connectivity index (χ4n) is 3.51. The maximum Gasteiger partial charge on any atom is 0.460 e. The molecule has 1 aromatic heterocycles. The van der Waals surface area contributed by atoms with E-state index in [1.165, 1.54) is 42.5 Å². The first-order valence-electron chi connectivity index (χ1n) is 9.37. The van der Waals surface area contributed by atoms with Gasteiger partial charge >= 0.3 is 23.9 Å². The molecule has 0 saturated carbocycles. The van der Waals surface area contributed by atoms with Crippen molar-refractivity contribution in [2.24, 2.45) is 0 Å². The minimum absolute atomic E-state index is 0.0767. The third-order valence-corrected chi connectivity index (χ3v) is 5.26. The Morgan fingerprint density at radius 2 is 1.18 bits per heavy atom. The molecule has 0 aliphatic rings. The summed E-state index contributed by atoms with van der Waals surface area (Å²) in [6.45, 7) is 0. The van der Waals surface area contributed by atoms with Gasteiger partial charge in [0, 0.05) is 10.8 Å². The van der Waals surface area contributed by atoms with Crippen molar-refractivity contribution in [3.8, 4) is 11.1 Å². The number of pyridine rings is 1. The predicted molar refractivity (Wildman–Crippen MR) is 105 cm³/mol. The highest BCUT2D eigenvalue weighted by Gasteiger charge is 2.82. The van der Waals surface area contributed by atoms with Crippen LogP contribution in [-0.4, -0.2) is 23.0 Å². The zero-order valence-electron chi connectivity index (χ0n) is 16.3. The average Bonchev–Trinajstić information content (AvgIpc) is 2.77. The maximum absolute atomic E-state index is 14.8. The minimum Gasteiger partial charge on any atom is -0.246 e. The van der Waals surface area contributed by atoms with E-state index < -0.39 is 29.6 Å². The van der Waals surface area contributed by atoms with E-state index >= 15 is 0 Å². The average molecular weight is 473 g/mol. The van der Waals surface area contributed by atoms with Crippen molar-refractivity contribution in [3.05, 3.63) is 78.5 Å². The molecular weight excluding hydrogens is 461 g/mol. The number of halogens is 9. The number of hydrogen-bond donors (Lipinski definition) is 0. The van der Waals surface area contributed by atoms with E-state index in [0.717, 1.165) is 0 Å². The van der Waals surface area contributed by atoms with E-state index in [9.17, 15) is 39.5 Å². The molecule has 10 heteroatoms. The van der Waals surface area contributed by atoms with E-state index in [2.05, 4.69) is 4.98 Å². The van der Waals surface area contributed by atoms with Gasteiger partial charge in [0.2, 0.25) is 0 Å². The molecule has 0 spiro atoms. The van der Waals surface area contributed by atoms with Crippen LogP contribution in [0.5, 0.6) is 0 Å². The molecule has 0 bridgehead atoms. The van der Waals surface area contributed by atoms with E-state index in [1.807, 2.05) is 0 Å². The molecule has 0 aliphatic heterocycles. The minimum atomic E-state index is -7.01. The predicted octanol–water partition coefficient (Wildman–Crippen LogP) is 7.98. The van der Waals surface area contributed by atoms with E-state index in [-0.39, 0.29) is 27.4 Å². The molecule has 0 saturated heterocycles. The Kier molecular flexibility index (Phi) is 5.10. The number of aromatic nitrogens is 1. The number of alkyl halides is 9. The van der Waals surface area contributed by atoms with Gasteiger partial charge in [0.25, 0.3) is 0 Å². The van der Waals surface area contributed by atoms with Crippen molar-refractivity contribution in [2.45, 2.75) is 23.9 Å². The van der Waals surface area contributed by atoms with Crippen molar-refractivity contribution in [1.82, 2.24) is 4.98 Å². The summed E-state index contributed by atoms with van der Waals surface area (Å²) in [6, 6.07) is 17.2. The van der Waals surface area contributed by atoms with Crippen molar-refractivity contribution in [1.29, 1.82) is 0 Å². The fraction of sp³-hybridized carbons (Fsp3) is 0.174. The zero-order chi connectivity index (χ0) is 24.2. The van der Waals surface area contributed by atoms with Crippen LogP contribution in [0.4, 0.5) is 39.5 Å². The molecule has 33 heavy (non-hydrogen) atoms. The summed E-state index contributed by atoms with van der Waals surface area (Å²) in [7, 11) is 0. The monoisotopic (exact) mass is 473 g/mol. The molecule has 0 atom stereocenters. The highest BCUT2D eigenvalue weighted by molar-refractivity contribution is 6.10. The molecular formula is C23H12F9N. The first-order valence-corrected chi connectivity index (χ1v) is 9.37. The Bertz CT molecular complexity index is 1330. The number of benzene rings is 3. The molecule has 0 N–H and O–H groups in total. The summed E-state index contributed by atoms with van der Waals surface area (Å²) >= 11 is 0. The van der Waals surface area contributed by atoms with Crippen molar-refractivity contribution in [2.75, 3.05) is 0 Å². The van der Waals surface area contributed by atoms with Gasteiger partial charge in [-0.25, -0.2) is 4.98 Å². The number of nitrogens with zero attached hydrogens (tertiary/aromatic N) is 1. The van der Waals surface area contributed by atoms with Crippen LogP contribution < -0.4 is 0 Å². The molecule has 1 heterocycles. The third kappa shape index (κ3) is 3.39. The molecule has 0 unspecified atom stereocenters. The van der Waals surface area contributed by atoms with Crippen LogP contribution >= 0.6 is 0 Å². The Morgan fingerprint density at radius 3 is 1.82 bits per heavy atom. The highest BCUT2D eigenvalue weighted by Crippen LogP contribution is 2.56. The quantitative estimate of drug-likeness (QED) is 0.216. The van der Waals surface area contributed by atoms with Gasteiger partial charge in [-0.1, -0.05) is 66.7 Å². The van der Waals surface area contributed by atoms with Gasteiger partial charge in [-0.3, -0.25) is 0 Å². The van der Waals surface area contributed by atoms with E-state index in [1.54, 1.807) is 24.3 Å². The summed E-state index contributed by atoms with van der Waals surface area (Å²) in [5, 5.41) is 0.936. The Morgan fingerprint density at radius 1 is 0.576 bits per heavy atom. The fourth-order valence-corrected chi connectivity index (χ4v) is 3.51. The lowest BCUT2D eigenvalue weighted by Gasteiger charge is -2.33. The van der Waals surface area contributed by atoms with Crippen molar-refractivity contribution >= 4 is 21.7 Å². The molecule has 1 nitrogen and oxygen atoms in total. The van der Waals surface area contributed by atoms with Crippen LogP contribution in [0.15, 0.2) is 72.8 Å². The molecule has 0 amide bonds. The summed E-state index contributed by atoms with van der Waals surface area (Å²) in [6.07, 6.45) is -6.91. The van der Waals surface area contributed by atoms with Gasteiger partial charge in [0.15, 0.2) is 0 Å². The summed E-state index contributed by atoms with van der Waals surface area (Å²) in [5.74, 6) is -19.8. The second-order valence-electron chi connectivity index (χ2n) is 7.32. The molecule has 0 fully saturated rings. The van der Waals surface area contributed by atoms with Gasteiger partial charge in [-0.05, 0) is 22.6 Å². The lowest BCUT2D eigenvalue weighted by molar-refractivity contribution is -0.400. The lowest BCUT2D eigenvalue weighted by atomic mass is 9.94. The second-order valence-corrected chi connectivity index (χ2v) is 7.32. The largest absolute Gasteiger partial charge is 0.460 e. The first-order chi connectivity index (χ1) is 15.3. The van der Waals surface area contributed by atoms with Gasteiger partial charge in [0.05, 0.1) is 5.52 Å².